The van der Waals surface area contributed by atoms with Gasteiger partial charge in [-0.3, -0.25) is 9.59 Å². The van der Waals surface area contributed by atoms with Crippen LogP contribution in [0.5, 0.6) is 0 Å². The number of nitrogen functional groups attached to an aromatic ring is 1. The number of rotatable bonds is 1. The second kappa shape index (κ2) is 3.55. The molecule has 0 saturated heterocycles. The van der Waals surface area contributed by atoms with Gasteiger partial charge in [0.05, 0.1) is 11.2 Å². The maximum atomic E-state index is 12.3. The van der Waals surface area contributed by atoms with Crippen LogP contribution >= 0.6 is 0 Å². The fourth-order valence-electron chi connectivity index (χ4n) is 2.31. The number of imide groups is 1. The van der Waals surface area contributed by atoms with Crippen molar-refractivity contribution in [2.24, 2.45) is 5.73 Å². The normalized spacial score (nSPS) is 20.5. The van der Waals surface area contributed by atoms with Gasteiger partial charge in [-0.25, -0.2) is 4.90 Å². The average molecular weight is 245 g/mol. The van der Waals surface area contributed by atoms with Gasteiger partial charge in [0.15, 0.2) is 0 Å². The van der Waals surface area contributed by atoms with Crippen molar-refractivity contribution in [2.45, 2.75) is 31.2 Å². The summed E-state index contributed by atoms with van der Waals surface area (Å²) < 4.78 is 0. The molecule has 94 valence electrons. The SMILES string of the molecule is Nc1ccc2c(c1)CCC(=O)N2C(=O)C1(N)CC1. The van der Waals surface area contributed by atoms with Gasteiger partial charge in [0.1, 0.15) is 0 Å². The Kier molecular flexibility index (Phi) is 2.22. The molecule has 0 bridgehead atoms. The molecule has 18 heavy (non-hydrogen) atoms. The smallest absolute Gasteiger partial charge is 0.253 e. The van der Waals surface area contributed by atoms with E-state index in [0.29, 0.717) is 37.1 Å². The highest BCUT2D eigenvalue weighted by molar-refractivity contribution is 6.20. The zero-order chi connectivity index (χ0) is 12.9. The molecule has 5 nitrogen and oxygen atoms in total. The number of carbonyl (C=O) groups excluding carboxylic acids is 2. The number of nitrogens with zero attached hydrogens (tertiary/aromatic N) is 1. The lowest BCUT2D eigenvalue weighted by Crippen LogP contribution is -2.50. The molecule has 1 aromatic carbocycles. The van der Waals surface area contributed by atoms with E-state index in [1.54, 1.807) is 12.1 Å². The molecule has 3 rings (SSSR count). The van der Waals surface area contributed by atoms with Crippen LogP contribution in [-0.2, 0) is 16.0 Å². The summed E-state index contributed by atoms with van der Waals surface area (Å²) in [6.07, 6.45) is 2.26. The average Bonchev–Trinajstić information content (AvgIpc) is 3.08. The molecule has 5 heteroatoms. The summed E-state index contributed by atoms with van der Waals surface area (Å²) in [7, 11) is 0. The predicted octanol–water partition coefficient (Wildman–Crippen LogP) is 0.566. The van der Waals surface area contributed by atoms with E-state index in [-0.39, 0.29) is 11.8 Å². The second-order valence-corrected chi connectivity index (χ2v) is 5.08. The Labute approximate surface area is 105 Å². The van der Waals surface area contributed by atoms with Crippen LogP contribution in [0.1, 0.15) is 24.8 Å². The minimum Gasteiger partial charge on any atom is -0.399 e. The molecule has 4 N–H and O–H groups in total. The van der Waals surface area contributed by atoms with Crippen LogP contribution in [0.4, 0.5) is 11.4 Å². The van der Waals surface area contributed by atoms with Crippen LogP contribution in [-0.4, -0.2) is 17.4 Å². The van der Waals surface area contributed by atoms with E-state index in [1.165, 1.54) is 4.90 Å². The molecular weight excluding hydrogens is 230 g/mol. The van der Waals surface area contributed by atoms with E-state index in [0.717, 1.165) is 5.56 Å². The Morgan fingerprint density at radius 2 is 2.00 bits per heavy atom. The minimum atomic E-state index is -0.828. The Morgan fingerprint density at radius 1 is 1.28 bits per heavy atom. The monoisotopic (exact) mass is 245 g/mol. The molecule has 1 aliphatic carbocycles. The standard InChI is InChI=1S/C13H15N3O2/c14-9-2-3-10-8(7-9)1-4-11(17)16(10)12(18)13(15)5-6-13/h2-3,7H,1,4-6,14-15H2. The predicted molar refractivity (Wildman–Crippen MR) is 67.8 cm³/mol. The fraction of sp³-hybridized carbons (Fsp3) is 0.385. The van der Waals surface area contributed by atoms with Gasteiger partial charge in [-0.05, 0) is 43.0 Å². The summed E-state index contributed by atoms with van der Waals surface area (Å²) in [5.74, 6) is -0.452. The first-order valence-electron chi connectivity index (χ1n) is 6.06. The number of fused-ring (bicyclic) bond motifs is 1. The Bertz CT molecular complexity index is 549. The van der Waals surface area contributed by atoms with Gasteiger partial charge in [-0.2, -0.15) is 0 Å². The van der Waals surface area contributed by atoms with E-state index >= 15 is 0 Å². The first-order chi connectivity index (χ1) is 8.51. The van der Waals surface area contributed by atoms with Gasteiger partial charge in [-0.1, -0.05) is 0 Å². The largest absolute Gasteiger partial charge is 0.399 e. The van der Waals surface area contributed by atoms with Crippen molar-refractivity contribution in [1.29, 1.82) is 0 Å². The van der Waals surface area contributed by atoms with Crippen LogP contribution in [0.25, 0.3) is 0 Å². The molecule has 1 heterocycles. The third kappa shape index (κ3) is 1.59. The summed E-state index contributed by atoms with van der Waals surface area (Å²) in [6, 6.07) is 5.25. The van der Waals surface area contributed by atoms with Crippen molar-refractivity contribution in [3.05, 3.63) is 23.8 Å². The highest BCUT2D eigenvalue weighted by Crippen LogP contribution is 2.38. The quantitative estimate of drug-likeness (QED) is 0.559. The van der Waals surface area contributed by atoms with Crippen LogP contribution in [0.3, 0.4) is 0 Å². The van der Waals surface area contributed by atoms with E-state index in [2.05, 4.69) is 0 Å². The van der Waals surface area contributed by atoms with Crippen molar-refractivity contribution in [3.8, 4) is 0 Å². The van der Waals surface area contributed by atoms with Crippen molar-refractivity contribution >= 4 is 23.2 Å². The molecule has 0 unspecified atom stereocenters. The summed E-state index contributed by atoms with van der Waals surface area (Å²) in [4.78, 5) is 25.5. The third-order valence-electron chi connectivity index (χ3n) is 3.62. The van der Waals surface area contributed by atoms with Crippen LogP contribution in [0.15, 0.2) is 18.2 Å². The summed E-state index contributed by atoms with van der Waals surface area (Å²) in [5.41, 5.74) is 13.0. The highest BCUT2D eigenvalue weighted by Gasteiger charge is 2.50. The highest BCUT2D eigenvalue weighted by atomic mass is 16.2. The maximum Gasteiger partial charge on any atom is 0.253 e. The molecular formula is C13H15N3O2. The summed E-state index contributed by atoms with van der Waals surface area (Å²) in [6.45, 7) is 0. The lowest BCUT2D eigenvalue weighted by atomic mass is 9.99. The van der Waals surface area contributed by atoms with E-state index < -0.39 is 5.54 Å². The molecule has 1 aromatic rings. The summed E-state index contributed by atoms with van der Waals surface area (Å²) in [5, 5.41) is 0. The molecule has 2 amide bonds. The number of hydrogen-bond acceptors (Lipinski definition) is 4. The molecule has 1 aliphatic heterocycles. The zero-order valence-electron chi connectivity index (χ0n) is 9.98. The molecule has 1 fully saturated rings. The first kappa shape index (κ1) is 11.2. The van der Waals surface area contributed by atoms with E-state index in [1.807, 2.05) is 6.07 Å². The number of aryl methyl sites for hydroxylation is 1. The Morgan fingerprint density at radius 3 is 2.67 bits per heavy atom. The topological polar surface area (TPSA) is 89.4 Å². The molecule has 0 radical (unpaired) electrons. The molecule has 0 atom stereocenters. The van der Waals surface area contributed by atoms with Gasteiger partial charge >= 0.3 is 0 Å². The lowest BCUT2D eigenvalue weighted by Gasteiger charge is -2.29. The summed E-state index contributed by atoms with van der Waals surface area (Å²) >= 11 is 0. The first-order valence-corrected chi connectivity index (χ1v) is 6.06. The number of anilines is 2. The molecule has 0 aromatic heterocycles. The van der Waals surface area contributed by atoms with Crippen molar-refractivity contribution in [2.75, 3.05) is 10.6 Å². The maximum absolute atomic E-state index is 12.3. The minimum absolute atomic E-state index is 0.172. The van der Waals surface area contributed by atoms with Crippen molar-refractivity contribution in [3.63, 3.8) is 0 Å². The van der Waals surface area contributed by atoms with Crippen LogP contribution < -0.4 is 16.4 Å². The molecule has 1 saturated carbocycles. The molecule has 2 aliphatic rings. The van der Waals surface area contributed by atoms with Crippen molar-refractivity contribution < 1.29 is 9.59 Å². The van der Waals surface area contributed by atoms with Gasteiger partial charge in [-0.15, -0.1) is 0 Å². The number of hydrogen-bond donors (Lipinski definition) is 2. The zero-order valence-corrected chi connectivity index (χ0v) is 9.98. The Hall–Kier alpha value is -1.88. The van der Waals surface area contributed by atoms with Gasteiger partial charge < -0.3 is 11.5 Å². The van der Waals surface area contributed by atoms with Crippen LogP contribution in [0, 0.1) is 0 Å². The fourth-order valence-corrected chi connectivity index (χ4v) is 2.31. The lowest BCUT2D eigenvalue weighted by molar-refractivity contribution is -0.128. The number of carbonyl (C=O) groups is 2. The van der Waals surface area contributed by atoms with E-state index in [4.69, 9.17) is 11.5 Å². The Balaban J connectivity index is 2.04. The molecule has 0 spiro atoms. The number of amides is 2. The van der Waals surface area contributed by atoms with Crippen molar-refractivity contribution in [1.82, 2.24) is 0 Å². The van der Waals surface area contributed by atoms with Gasteiger partial charge in [0, 0.05) is 12.1 Å². The number of nitrogens with two attached hydrogens (primary N) is 2. The third-order valence-corrected chi connectivity index (χ3v) is 3.62. The van der Waals surface area contributed by atoms with Gasteiger partial charge in [0.2, 0.25) is 5.91 Å². The van der Waals surface area contributed by atoms with Crippen LogP contribution in [0.2, 0.25) is 0 Å². The van der Waals surface area contributed by atoms with E-state index in [9.17, 15) is 9.59 Å². The number of benzene rings is 1. The van der Waals surface area contributed by atoms with Gasteiger partial charge in [0.25, 0.3) is 5.91 Å². The second-order valence-electron chi connectivity index (χ2n) is 5.08.